The molecule has 0 aliphatic heterocycles. The van der Waals surface area contributed by atoms with E-state index in [1.807, 2.05) is 0 Å². The maximum atomic E-state index is 11.2. The first-order valence-corrected chi connectivity index (χ1v) is 2.73. The fourth-order valence-corrected chi connectivity index (χ4v) is 0.363. The lowest BCUT2D eigenvalue weighted by Crippen LogP contribution is -2.13. The molecule has 0 aliphatic carbocycles. The molecule has 0 heterocycles. The molecule has 0 rings (SSSR count). The van der Waals surface area contributed by atoms with Crippen molar-refractivity contribution < 1.29 is 23.0 Å². The third-order valence-corrected chi connectivity index (χ3v) is 0.743. The van der Waals surface area contributed by atoms with E-state index in [4.69, 9.17) is 5.11 Å². The van der Waals surface area contributed by atoms with Gasteiger partial charge >= 0.3 is 6.36 Å². The summed E-state index contributed by atoms with van der Waals surface area (Å²) in [4.78, 5) is 0. The molecular weight excluding hydrogens is 149 g/mol. The zero-order chi connectivity index (χ0) is 8.04. The SMILES string of the molecule is O[CH]CCCOC(F)(F)F. The van der Waals surface area contributed by atoms with E-state index in [0.29, 0.717) is 0 Å². The summed E-state index contributed by atoms with van der Waals surface area (Å²) in [5.41, 5.74) is 0. The van der Waals surface area contributed by atoms with Crippen molar-refractivity contribution in [1.29, 1.82) is 0 Å². The second-order valence-electron chi connectivity index (χ2n) is 1.62. The molecule has 0 aromatic rings. The summed E-state index contributed by atoms with van der Waals surface area (Å²) in [5, 5.41) is 8.03. The van der Waals surface area contributed by atoms with Crippen LogP contribution in [-0.4, -0.2) is 18.1 Å². The van der Waals surface area contributed by atoms with Crippen molar-refractivity contribution in [2.45, 2.75) is 19.2 Å². The molecule has 0 aromatic carbocycles. The van der Waals surface area contributed by atoms with Crippen LogP contribution in [0.15, 0.2) is 0 Å². The van der Waals surface area contributed by atoms with Crippen molar-refractivity contribution in [3.05, 3.63) is 6.61 Å². The lowest BCUT2D eigenvalue weighted by atomic mass is 10.3. The summed E-state index contributed by atoms with van der Waals surface area (Å²) >= 11 is 0. The number of aliphatic hydroxyl groups excluding tert-OH is 1. The zero-order valence-corrected chi connectivity index (χ0v) is 5.19. The number of hydrogen-bond donors (Lipinski definition) is 1. The molecule has 0 aliphatic rings. The molecule has 2 nitrogen and oxygen atoms in total. The minimum absolute atomic E-state index is 0.177. The number of hydrogen-bond acceptors (Lipinski definition) is 2. The van der Waals surface area contributed by atoms with Gasteiger partial charge in [-0.2, -0.15) is 0 Å². The number of aliphatic hydroxyl groups is 1. The van der Waals surface area contributed by atoms with Gasteiger partial charge in [-0.1, -0.05) is 0 Å². The minimum atomic E-state index is -4.55. The second-order valence-corrected chi connectivity index (χ2v) is 1.62. The van der Waals surface area contributed by atoms with Crippen LogP contribution in [0.4, 0.5) is 13.2 Å². The Hall–Kier alpha value is -0.290. The lowest BCUT2D eigenvalue weighted by Gasteiger charge is -2.05. The van der Waals surface area contributed by atoms with Gasteiger partial charge in [0.2, 0.25) is 0 Å². The Morgan fingerprint density at radius 3 is 2.40 bits per heavy atom. The Kier molecular flexibility index (Phi) is 4.38. The molecule has 0 unspecified atom stereocenters. The van der Waals surface area contributed by atoms with Crippen molar-refractivity contribution in [2.75, 3.05) is 6.61 Å². The molecule has 0 saturated carbocycles. The summed E-state index contributed by atoms with van der Waals surface area (Å²) in [7, 11) is 0. The predicted octanol–water partition coefficient (Wildman–Crippen LogP) is 1.84. The lowest BCUT2D eigenvalue weighted by molar-refractivity contribution is -0.324. The number of alkyl halides is 3. The van der Waals surface area contributed by atoms with Gasteiger partial charge in [-0.3, -0.25) is 4.74 Å². The molecule has 61 valence electrons. The third kappa shape index (κ3) is 7.71. The van der Waals surface area contributed by atoms with Crippen LogP contribution >= 0.6 is 0 Å². The van der Waals surface area contributed by atoms with E-state index in [1.165, 1.54) is 0 Å². The number of halogens is 3. The van der Waals surface area contributed by atoms with E-state index in [0.717, 1.165) is 6.61 Å². The number of ether oxygens (including phenoxy) is 1. The molecule has 0 saturated heterocycles. The van der Waals surface area contributed by atoms with Crippen molar-refractivity contribution in [2.24, 2.45) is 0 Å². The Morgan fingerprint density at radius 1 is 1.40 bits per heavy atom. The second kappa shape index (κ2) is 4.51. The Bertz CT molecular complexity index is 81.5. The standard InChI is InChI=1S/C5H8F3O2/c6-5(7,8)10-4-2-1-3-9/h3,9H,1-2,4H2. The topological polar surface area (TPSA) is 29.5 Å². The van der Waals surface area contributed by atoms with Gasteiger partial charge in [-0.25, -0.2) is 0 Å². The van der Waals surface area contributed by atoms with Gasteiger partial charge in [0.05, 0.1) is 13.2 Å². The zero-order valence-electron chi connectivity index (χ0n) is 5.19. The highest BCUT2D eigenvalue weighted by Crippen LogP contribution is 2.16. The summed E-state index contributed by atoms with van der Waals surface area (Å²) < 4.78 is 37.0. The average molecular weight is 157 g/mol. The molecule has 0 spiro atoms. The van der Waals surface area contributed by atoms with Gasteiger partial charge in [0.1, 0.15) is 0 Å². The van der Waals surface area contributed by atoms with E-state index >= 15 is 0 Å². The van der Waals surface area contributed by atoms with Crippen LogP contribution in [0, 0.1) is 6.61 Å². The first-order chi connectivity index (χ1) is 4.56. The maximum Gasteiger partial charge on any atom is 0.522 e. The van der Waals surface area contributed by atoms with Crippen molar-refractivity contribution in [1.82, 2.24) is 0 Å². The first kappa shape index (κ1) is 9.71. The Balaban J connectivity index is 3.04. The molecule has 5 heteroatoms. The molecule has 0 fully saturated rings. The number of rotatable bonds is 4. The monoisotopic (exact) mass is 157 g/mol. The average Bonchev–Trinajstić information content (AvgIpc) is 1.78. The highest BCUT2D eigenvalue weighted by Gasteiger charge is 2.28. The molecule has 10 heavy (non-hydrogen) atoms. The van der Waals surface area contributed by atoms with Gasteiger partial charge < -0.3 is 5.11 Å². The quantitative estimate of drug-likeness (QED) is 0.631. The summed E-state index contributed by atoms with van der Waals surface area (Å²) in [6.45, 7) is 0.403. The molecule has 0 atom stereocenters. The first-order valence-electron chi connectivity index (χ1n) is 2.73. The van der Waals surface area contributed by atoms with Crippen LogP contribution in [0.3, 0.4) is 0 Å². The predicted molar refractivity (Wildman–Crippen MR) is 27.5 cm³/mol. The minimum Gasteiger partial charge on any atom is -0.390 e. The fourth-order valence-electron chi connectivity index (χ4n) is 0.363. The van der Waals surface area contributed by atoms with Crippen LogP contribution in [0.5, 0.6) is 0 Å². The molecule has 0 amide bonds. The van der Waals surface area contributed by atoms with Gasteiger partial charge in [0.15, 0.2) is 0 Å². The van der Waals surface area contributed by atoms with E-state index in [-0.39, 0.29) is 12.8 Å². The Labute approximate surface area is 56.6 Å². The molecule has 1 N–H and O–H groups in total. The van der Waals surface area contributed by atoms with E-state index in [2.05, 4.69) is 4.74 Å². The van der Waals surface area contributed by atoms with Crippen LogP contribution in [0.25, 0.3) is 0 Å². The Morgan fingerprint density at radius 2 is 2.00 bits per heavy atom. The number of unbranched alkanes of at least 4 members (excludes halogenated alkanes) is 1. The van der Waals surface area contributed by atoms with Crippen LogP contribution < -0.4 is 0 Å². The van der Waals surface area contributed by atoms with E-state index in [1.54, 1.807) is 0 Å². The normalized spacial score (nSPS) is 12.0. The van der Waals surface area contributed by atoms with Crippen LogP contribution in [0.2, 0.25) is 0 Å². The van der Waals surface area contributed by atoms with Crippen molar-refractivity contribution >= 4 is 0 Å². The summed E-state index contributed by atoms with van der Waals surface area (Å²) in [6.07, 6.45) is -4.15. The van der Waals surface area contributed by atoms with Gasteiger partial charge in [0, 0.05) is 0 Å². The van der Waals surface area contributed by atoms with Gasteiger partial charge in [-0.15, -0.1) is 13.2 Å². The molecular formula is C5H8F3O2. The van der Waals surface area contributed by atoms with Crippen LogP contribution in [-0.2, 0) is 4.74 Å². The summed E-state index contributed by atoms with van der Waals surface area (Å²) in [6, 6.07) is 0. The highest BCUT2D eigenvalue weighted by atomic mass is 19.4. The van der Waals surface area contributed by atoms with E-state index < -0.39 is 13.0 Å². The molecule has 0 aromatic heterocycles. The fraction of sp³-hybridized carbons (Fsp3) is 0.800. The smallest absolute Gasteiger partial charge is 0.390 e. The largest absolute Gasteiger partial charge is 0.522 e. The highest BCUT2D eigenvalue weighted by molar-refractivity contribution is 4.46. The van der Waals surface area contributed by atoms with E-state index in [9.17, 15) is 13.2 Å². The van der Waals surface area contributed by atoms with Crippen molar-refractivity contribution in [3.8, 4) is 0 Å². The molecule has 1 radical (unpaired) electrons. The third-order valence-electron chi connectivity index (χ3n) is 0.743. The maximum absolute atomic E-state index is 11.2. The van der Waals surface area contributed by atoms with Gasteiger partial charge in [-0.05, 0) is 12.8 Å². The summed E-state index contributed by atoms with van der Waals surface area (Å²) in [5.74, 6) is 0. The van der Waals surface area contributed by atoms with Crippen molar-refractivity contribution in [3.63, 3.8) is 0 Å². The van der Waals surface area contributed by atoms with Gasteiger partial charge in [0.25, 0.3) is 0 Å². The van der Waals surface area contributed by atoms with Crippen LogP contribution in [0.1, 0.15) is 12.8 Å². The molecule has 0 bridgehead atoms.